The van der Waals surface area contributed by atoms with Gasteiger partial charge in [-0.1, -0.05) is 18.2 Å². The summed E-state index contributed by atoms with van der Waals surface area (Å²) < 4.78 is 0. The number of hydrogen-bond donors (Lipinski definition) is 1. The van der Waals surface area contributed by atoms with Gasteiger partial charge in [0, 0.05) is 24.8 Å². The molecule has 0 radical (unpaired) electrons. The van der Waals surface area contributed by atoms with E-state index in [1.165, 1.54) is 5.56 Å². The van der Waals surface area contributed by atoms with Crippen molar-refractivity contribution in [3.8, 4) is 0 Å². The summed E-state index contributed by atoms with van der Waals surface area (Å²) in [5.74, 6) is 0. The zero-order valence-corrected chi connectivity index (χ0v) is 10.3. The van der Waals surface area contributed by atoms with Gasteiger partial charge in [-0.2, -0.15) is 0 Å². The van der Waals surface area contributed by atoms with E-state index in [1.54, 1.807) is 0 Å². The van der Waals surface area contributed by atoms with Crippen LogP contribution < -0.4 is 5.73 Å². The van der Waals surface area contributed by atoms with E-state index in [0.29, 0.717) is 6.04 Å². The van der Waals surface area contributed by atoms with E-state index in [0.717, 1.165) is 25.2 Å². The molecule has 0 aliphatic rings. The summed E-state index contributed by atoms with van der Waals surface area (Å²) in [6.45, 7) is 10.2. The minimum Gasteiger partial charge on any atom is -0.399 e. The van der Waals surface area contributed by atoms with Gasteiger partial charge in [0.2, 0.25) is 0 Å². The van der Waals surface area contributed by atoms with Gasteiger partial charge in [0.05, 0.1) is 0 Å². The fraction of sp³-hybridized carbons (Fsp3) is 0.429. The highest BCUT2D eigenvalue weighted by Crippen LogP contribution is 2.08. The first-order valence-corrected chi connectivity index (χ1v) is 5.83. The Morgan fingerprint density at radius 1 is 1.31 bits per heavy atom. The molecule has 0 amide bonds. The van der Waals surface area contributed by atoms with Crippen LogP contribution in [0.15, 0.2) is 36.9 Å². The minimum atomic E-state index is 0.562. The number of anilines is 1. The molecule has 0 saturated heterocycles. The van der Waals surface area contributed by atoms with Crippen LogP contribution in [0.2, 0.25) is 0 Å². The molecule has 0 heterocycles. The molecule has 16 heavy (non-hydrogen) atoms. The van der Waals surface area contributed by atoms with E-state index < -0.39 is 0 Å². The van der Waals surface area contributed by atoms with Crippen molar-refractivity contribution in [1.82, 2.24) is 4.90 Å². The van der Waals surface area contributed by atoms with Crippen molar-refractivity contribution in [3.05, 3.63) is 42.5 Å². The molecule has 0 saturated carbocycles. The van der Waals surface area contributed by atoms with Crippen LogP contribution in [-0.2, 0) is 6.42 Å². The molecule has 1 aromatic rings. The molecule has 0 aromatic heterocycles. The van der Waals surface area contributed by atoms with Crippen LogP contribution in [0.4, 0.5) is 5.69 Å². The fourth-order valence-electron chi connectivity index (χ4n) is 1.68. The summed E-state index contributed by atoms with van der Waals surface area (Å²) >= 11 is 0. The smallest absolute Gasteiger partial charge is 0.0314 e. The lowest BCUT2D eigenvalue weighted by molar-refractivity contribution is 0.249. The second-order valence-corrected chi connectivity index (χ2v) is 4.37. The maximum Gasteiger partial charge on any atom is 0.0314 e. The number of rotatable bonds is 6. The predicted octanol–water partition coefficient (Wildman–Crippen LogP) is 2.71. The first kappa shape index (κ1) is 12.8. The van der Waals surface area contributed by atoms with Crippen molar-refractivity contribution in [1.29, 1.82) is 0 Å². The van der Waals surface area contributed by atoms with Crippen LogP contribution >= 0.6 is 0 Å². The summed E-state index contributed by atoms with van der Waals surface area (Å²) in [5, 5.41) is 0. The maximum absolute atomic E-state index is 5.65. The molecule has 0 atom stereocenters. The molecule has 1 aromatic carbocycles. The monoisotopic (exact) mass is 218 g/mol. The SMILES string of the molecule is C=CCN(CCc1ccc(N)cc1)C(C)C. The average Bonchev–Trinajstić information content (AvgIpc) is 2.26. The molecule has 88 valence electrons. The first-order chi connectivity index (χ1) is 7.63. The normalized spacial score (nSPS) is 11.0. The summed E-state index contributed by atoms with van der Waals surface area (Å²) in [7, 11) is 0. The van der Waals surface area contributed by atoms with Crippen molar-refractivity contribution < 1.29 is 0 Å². The third-order valence-electron chi connectivity index (χ3n) is 2.76. The molecular weight excluding hydrogens is 196 g/mol. The lowest BCUT2D eigenvalue weighted by Crippen LogP contribution is -2.32. The molecule has 0 bridgehead atoms. The van der Waals surface area contributed by atoms with Crippen molar-refractivity contribution in [3.63, 3.8) is 0 Å². The number of nitrogen functional groups attached to an aromatic ring is 1. The largest absolute Gasteiger partial charge is 0.399 e. The Hall–Kier alpha value is -1.28. The Kier molecular flexibility index (Phi) is 5.06. The zero-order valence-electron chi connectivity index (χ0n) is 10.3. The van der Waals surface area contributed by atoms with E-state index >= 15 is 0 Å². The van der Waals surface area contributed by atoms with Gasteiger partial charge in [-0.05, 0) is 38.0 Å². The first-order valence-electron chi connectivity index (χ1n) is 5.83. The fourth-order valence-corrected chi connectivity index (χ4v) is 1.68. The van der Waals surface area contributed by atoms with E-state index in [9.17, 15) is 0 Å². The topological polar surface area (TPSA) is 29.3 Å². The predicted molar refractivity (Wildman–Crippen MR) is 71.5 cm³/mol. The van der Waals surface area contributed by atoms with Crippen LogP contribution in [-0.4, -0.2) is 24.0 Å². The Labute approximate surface area is 98.8 Å². The third-order valence-corrected chi connectivity index (χ3v) is 2.76. The average molecular weight is 218 g/mol. The second-order valence-electron chi connectivity index (χ2n) is 4.37. The summed E-state index contributed by atoms with van der Waals surface area (Å²) in [4.78, 5) is 2.41. The molecule has 2 N–H and O–H groups in total. The number of nitrogens with zero attached hydrogens (tertiary/aromatic N) is 1. The van der Waals surface area contributed by atoms with E-state index in [4.69, 9.17) is 5.73 Å². The molecule has 0 fully saturated rings. The lowest BCUT2D eigenvalue weighted by Gasteiger charge is -2.24. The highest BCUT2D eigenvalue weighted by molar-refractivity contribution is 5.39. The molecule has 2 heteroatoms. The van der Waals surface area contributed by atoms with Gasteiger partial charge in [-0.15, -0.1) is 6.58 Å². The minimum absolute atomic E-state index is 0.562. The molecule has 2 nitrogen and oxygen atoms in total. The van der Waals surface area contributed by atoms with Crippen molar-refractivity contribution in [2.24, 2.45) is 0 Å². The van der Waals surface area contributed by atoms with Crippen LogP contribution in [0.5, 0.6) is 0 Å². The van der Waals surface area contributed by atoms with Crippen molar-refractivity contribution in [2.75, 3.05) is 18.8 Å². The van der Waals surface area contributed by atoms with Crippen LogP contribution in [0.3, 0.4) is 0 Å². The molecule has 0 aliphatic heterocycles. The van der Waals surface area contributed by atoms with Gasteiger partial charge in [0.25, 0.3) is 0 Å². The molecule has 1 rings (SSSR count). The van der Waals surface area contributed by atoms with Gasteiger partial charge < -0.3 is 5.73 Å². The quantitative estimate of drug-likeness (QED) is 0.587. The zero-order chi connectivity index (χ0) is 12.0. The maximum atomic E-state index is 5.65. The third kappa shape index (κ3) is 4.07. The van der Waals surface area contributed by atoms with E-state index in [2.05, 4.69) is 37.5 Å². The van der Waals surface area contributed by atoms with Gasteiger partial charge >= 0.3 is 0 Å². The number of benzene rings is 1. The van der Waals surface area contributed by atoms with Crippen molar-refractivity contribution >= 4 is 5.69 Å². The van der Waals surface area contributed by atoms with Crippen molar-refractivity contribution in [2.45, 2.75) is 26.3 Å². The highest BCUT2D eigenvalue weighted by atomic mass is 15.1. The molecule has 0 aliphatic carbocycles. The number of nitrogens with two attached hydrogens (primary N) is 1. The van der Waals surface area contributed by atoms with Crippen LogP contribution in [0, 0.1) is 0 Å². The van der Waals surface area contributed by atoms with Crippen LogP contribution in [0.1, 0.15) is 19.4 Å². The van der Waals surface area contributed by atoms with Gasteiger partial charge in [0.15, 0.2) is 0 Å². The number of hydrogen-bond acceptors (Lipinski definition) is 2. The Morgan fingerprint density at radius 2 is 1.94 bits per heavy atom. The summed E-state index contributed by atoms with van der Waals surface area (Å²) in [5.41, 5.74) is 7.82. The highest BCUT2D eigenvalue weighted by Gasteiger charge is 2.06. The molecule has 0 spiro atoms. The van der Waals surface area contributed by atoms with Gasteiger partial charge in [0.1, 0.15) is 0 Å². The Morgan fingerprint density at radius 3 is 2.44 bits per heavy atom. The van der Waals surface area contributed by atoms with Gasteiger partial charge in [-0.25, -0.2) is 0 Å². The molecular formula is C14H22N2. The Balaban J connectivity index is 2.48. The Bertz CT molecular complexity index is 314. The summed E-state index contributed by atoms with van der Waals surface area (Å²) in [6.07, 6.45) is 3.02. The lowest BCUT2D eigenvalue weighted by atomic mass is 10.1. The van der Waals surface area contributed by atoms with E-state index in [-0.39, 0.29) is 0 Å². The van der Waals surface area contributed by atoms with E-state index in [1.807, 2.05) is 18.2 Å². The molecule has 0 unspecified atom stereocenters. The summed E-state index contributed by atoms with van der Waals surface area (Å²) in [6, 6.07) is 8.68. The van der Waals surface area contributed by atoms with Gasteiger partial charge in [-0.3, -0.25) is 4.90 Å². The second kappa shape index (κ2) is 6.33. The standard InChI is InChI=1S/C14H22N2/c1-4-10-16(12(2)3)11-9-13-5-7-14(15)8-6-13/h4-8,12H,1,9-11,15H2,2-3H3. The van der Waals surface area contributed by atoms with Crippen LogP contribution in [0.25, 0.3) is 0 Å².